The second-order valence-electron chi connectivity index (χ2n) is 5.98. The molecule has 0 saturated carbocycles. The van der Waals surface area contributed by atoms with Gasteiger partial charge in [-0.05, 0) is 38.5 Å². The van der Waals surface area contributed by atoms with Crippen molar-refractivity contribution >= 4 is 40.7 Å². The average Bonchev–Trinajstić information content (AvgIpc) is 2.44. The van der Waals surface area contributed by atoms with Gasteiger partial charge in [0, 0.05) is 27.8 Å². The largest absolute Gasteiger partial charge is 0.573 e. The quantitative estimate of drug-likeness (QED) is 0.363. The van der Waals surface area contributed by atoms with Crippen LogP contribution in [0.4, 0.5) is 13.2 Å². The SMILES string of the molecule is CC(C)(C)S(=O)CCNC(N)=NCc1ccc(OC(F)(F)F)cc1.I. The van der Waals surface area contributed by atoms with Crippen LogP contribution in [-0.2, 0) is 17.3 Å². The molecule has 3 N–H and O–H groups in total. The van der Waals surface area contributed by atoms with Crippen molar-refractivity contribution in [3.05, 3.63) is 29.8 Å². The molecule has 0 radical (unpaired) electrons. The molecule has 0 bridgehead atoms. The van der Waals surface area contributed by atoms with Crippen molar-refractivity contribution in [3.8, 4) is 5.75 Å². The third-order valence-electron chi connectivity index (χ3n) is 2.87. The maximum atomic E-state index is 12.1. The lowest BCUT2D eigenvalue weighted by atomic mass is 10.2. The summed E-state index contributed by atoms with van der Waals surface area (Å²) >= 11 is 0. The molecule has 1 aromatic carbocycles. The van der Waals surface area contributed by atoms with Crippen molar-refractivity contribution in [3.63, 3.8) is 0 Å². The highest BCUT2D eigenvalue weighted by molar-refractivity contribution is 14.0. The molecule has 0 aliphatic carbocycles. The van der Waals surface area contributed by atoms with Crippen molar-refractivity contribution < 1.29 is 22.1 Å². The predicted octanol–water partition coefficient (Wildman–Crippen LogP) is 3.15. The number of nitrogens with one attached hydrogen (secondary N) is 1. The highest BCUT2D eigenvalue weighted by atomic mass is 127. The summed E-state index contributed by atoms with van der Waals surface area (Å²) in [6.45, 7) is 6.33. The Hall–Kier alpha value is -1.04. The van der Waals surface area contributed by atoms with Gasteiger partial charge in [0.25, 0.3) is 0 Å². The smallest absolute Gasteiger partial charge is 0.406 e. The Balaban J connectivity index is 0.00000576. The van der Waals surface area contributed by atoms with E-state index in [-0.39, 0.29) is 47.0 Å². The van der Waals surface area contributed by atoms with E-state index in [0.29, 0.717) is 17.9 Å². The number of benzene rings is 1. The van der Waals surface area contributed by atoms with Gasteiger partial charge in [0.15, 0.2) is 5.96 Å². The number of nitrogens with two attached hydrogens (primary N) is 1. The van der Waals surface area contributed by atoms with E-state index in [1.54, 1.807) is 0 Å². The van der Waals surface area contributed by atoms with Gasteiger partial charge in [0.05, 0.1) is 6.54 Å². The first-order valence-electron chi connectivity index (χ1n) is 7.24. The lowest BCUT2D eigenvalue weighted by molar-refractivity contribution is -0.274. The first-order valence-corrected chi connectivity index (χ1v) is 8.56. The summed E-state index contributed by atoms with van der Waals surface area (Å²) in [5.74, 6) is 0.353. The Morgan fingerprint density at radius 2 is 1.80 bits per heavy atom. The maximum absolute atomic E-state index is 12.1. The Bertz CT molecular complexity index is 587. The standard InChI is InChI=1S/C15H22F3N3O2S.HI/c1-14(2,3)24(22)9-8-20-13(19)21-10-11-4-6-12(7-5-11)23-15(16,17)18;/h4-7H,8-10H2,1-3H3,(H3,19,20,21);1H. The van der Waals surface area contributed by atoms with Crippen molar-refractivity contribution in [2.24, 2.45) is 10.7 Å². The average molecular weight is 493 g/mol. The normalized spacial score (nSPS) is 13.8. The van der Waals surface area contributed by atoms with E-state index in [0.717, 1.165) is 0 Å². The summed E-state index contributed by atoms with van der Waals surface area (Å²) in [7, 11) is -0.984. The number of rotatable bonds is 6. The van der Waals surface area contributed by atoms with Crippen molar-refractivity contribution in [2.75, 3.05) is 12.3 Å². The highest BCUT2D eigenvalue weighted by Gasteiger charge is 2.30. The number of hydrogen-bond acceptors (Lipinski definition) is 3. The van der Waals surface area contributed by atoms with Gasteiger partial charge in [-0.25, -0.2) is 4.99 Å². The van der Waals surface area contributed by atoms with Crippen LogP contribution >= 0.6 is 24.0 Å². The number of hydrogen-bond donors (Lipinski definition) is 2. The van der Waals surface area contributed by atoms with E-state index in [4.69, 9.17) is 5.73 Å². The maximum Gasteiger partial charge on any atom is 0.573 e. The highest BCUT2D eigenvalue weighted by Crippen LogP contribution is 2.22. The molecule has 0 aromatic heterocycles. The van der Waals surface area contributed by atoms with Crippen LogP contribution in [0.2, 0.25) is 0 Å². The van der Waals surface area contributed by atoms with Gasteiger partial charge in [-0.3, -0.25) is 4.21 Å². The second-order valence-corrected chi connectivity index (χ2v) is 8.31. The Labute approximate surface area is 165 Å². The van der Waals surface area contributed by atoms with Crippen LogP contribution in [0.25, 0.3) is 0 Å². The van der Waals surface area contributed by atoms with Gasteiger partial charge in [0.2, 0.25) is 0 Å². The molecular formula is C15H23F3IN3O2S. The topological polar surface area (TPSA) is 76.7 Å². The minimum Gasteiger partial charge on any atom is -0.406 e. The van der Waals surface area contributed by atoms with E-state index in [1.165, 1.54) is 24.3 Å². The third kappa shape index (κ3) is 10.5. The van der Waals surface area contributed by atoms with E-state index >= 15 is 0 Å². The van der Waals surface area contributed by atoms with E-state index < -0.39 is 17.2 Å². The Kier molecular flexibility index (Phi) is 9.77. The molecule has 25 heavy (non-hydrogen) atoms. The molecule has 1 atom stereocenters. The molecule has 5 nitrogen and oxygen atoms in total. The second kappa shape index (κ2) is 10.2. The zero-order chi connectivity index (χ0) is 18.4. The molecule has 1 rings (SSSR count). The fraction of sp³-hybridized carbons (Fsp3) is 0.533. The molecule has 144 valence electrons. The molecule has 0 fully saturated rings. The van der Waals surface area contributed by atoms with Crippen molar-refractivity contribution in [1.29, 1.82) is 0 Å². The predicted molar refractivity (Wildman–Crippen MR) is 105 cm³/mol. The molecule has 0 heterocycles. The number of ether oxygens (including phenoxy) is 1. The Morgan fingerprint density at radius 3 is 2.28 bits per heavy atom. The van der Waals surface area contributed by atoms with E-state index in [1.807, 2.05) is 20.8 Å². The number of aliphatic imine (C=N–C) groups is 1. The van der Waals surface area contributed by atoms with Gasteiger partial charge in [-0.1, -0.05) is 12.1 Å². The summed E-state index contributed by atoms with van der Waals surface area (Å²) in [6.07, 6.45) is -4.71. The number of alkyl halides is 3. The zero-order valence-corrected chi connectivity index (χ0v) is 17.4. The summed E-state index contributed by atoms with van der Waals surface area (Å²) in [6, 6.07) is 5.39. The number of guanidine groups is 1. The molecule has 1 aromatic rings. The molecular weight excluding hydrogens is 470 g/mol. The van der Waals surface area contributed by atoms with Crippen LogP contribution < -0.4 is 15.8 Å². The third-order valence-corrected chi connectivity index (χ3v) is 4.81. The zero-order valence-electron chi connectivity index (χ0n) is 14.2. The first kappa shape index (κ1) is 24.0. The number of nitrogens with zero attached hydrogens (tertiary/aromatic N) is 1. The monoisotopic (exact) mass is 493 g/mol. The summed E-state index contributed by atoms with van der Waals surface area (Å²) in [4.78, 5) is 4.08. The van der Waals surface area contributed by atoms with Gasteiger partial charge >= 0.3 is 6.36 Å². The van der Waals surface area contributed by atoms with Gasteiger partial charge in [-0.2, -0.15) is 0 Å². The van der Waals surface area contributed by atoms with Crippen LogP contribution in [0.15, 0.2) is 29.3 Å². The van der Waals surface area contributed by atoms with Crippen LogP contribution in [0.1, 0.15) is 26.3 Å². The van der Waals surface area contributed by atoms with E-state index in [2.05, 4.69) is 15.0 Å². The molecule has 0 aliphatic rings. The molecule has 0 amide bonds. The van der Waals surface area contributed by atoms with E-state index in [9.17, 15) is 17.4 Å². The number of halogens is 4. The van der Waals surface area contributed by atoms with Gasteiger partial charge in [-0.15, -0.1) is 37.1 Å². The first-order chi connectivity index (χ1) is 11.0. The molecule has 0 spiro atoms. The fourth-order valence-electron chi connectivity index (χ4n) is 1.61. The minimum absolute atomic E-state index is 0. The summed E-state index contributed by atoms with van der Waals surface area (Å²) in [5.41, 5.74) is 6.38. The van der Waals surface area contributed by atoms with Crippen LogP contribution in [0, 0.1) is 0 Å². The lowest BCUT2D eigenvalue weighted by Gasteiger charge is -2.17. The molecule has 10 heteroatoms. The van der Waals surface area contributed by atoms with Crippen molar-refractivity contribution in [1.82, 2.24) is 5.32 Å². The summed E-state index contributed by atoms with van der Waals surface area (Å²) < 4.78 is 51.5. The summed E-state index contributed by atoms with van der Waals surface area (Å²) in [5, 5.41) is 2.86. The van der Waals surface area contributed by atoms with Gasteiger partial charge < -0.3 is 15.8 Å². The molecule has 1 unspecified atom stereocenters. The lowest BCUT2D eigenvalue weighted by Crippen LogP contribution is -2.36. The molecule has 0 saturated heterocycles. The van der Waals surface area contributed by atoms with Gasteiger partial charge in [0.1, 0.15) is 5.75 Å². The molecule has 0 aliphatic heterocycles. The van der Waals surface area contributed by atoms with Crippen molar-refractivity contribution in [2.45, 2.75) is 38.4 Å². The Morgan fingerprint density at radius 1 is 1.24 bits per heavy atom. The fourth-order valence-corrected chi connectivity index (χ4v) is 2.51. The van der Waals surface area contributed by atoms with Crippen LogP contribution in [0.5, 0.6) is 5.75 Å². The van der Waals surface area contributed by atoms with Crippen LogP contribution in [-0.4, -0.2) is 33.6 Å². The minimum atomic E-state index is -4.71. The van der Waals surface area contributed by atoms with Crippen LogP contribution in [0.3, 0.4) is 0 Å².